The molecular weight excluding hydrogens is 568 g/mol. The quantitative estimate of drug-likeness (QED) is 0.309. The number of benzene rings is 1. The second kappa shape index (κ2) is 11.0. The van der Waals surface area contributed by atoms with Crippen molar-refractivity contribution in [1.29, 1.82) is 0 Å². The molecule has 6 atom stereocenters. The second-order valence-corrected chi connectivity index (χ2v) is 18.3. The highest BCUT2D eigenvalue weighted by Crippen LogP contribution is 2.58. The first-order valence-electron chi connectivity index (χ1n) is 12.7. The predicted molar refractivity (Wildman–Crippen MR) is 148 cm³/mol. The molecule has 0 spiro atoms. The number of nitrogens with two attached hydrogens (primary N) is 1. The topological polar surface area (TPSA) is 124 Å². The molecule has 1 aromatic carbocycles. The molecule has 0 aliphatic carbocycles. The number of anilines is 1. The van der Waals surface area contributed by atoms with Crippen molar-refractivity contribution in [2.45, 2.75) is 82.5 Å². The van der Waals surface area contributed by atoms with Crippen molar-refractivity contribution in [1.82, 2.24) is 9.55 Å². The molecule has 2 aliphatic rings. The van der Waals surface area contributed by atoms with Crippen LogP contribution >= 0.6 is 19.4 Å². The fourth-order valence-corrected chi connectivity index (χ4v) is 7.27. The van der Waals surface area contributed by atoms with E-state index in [1.807, 2.05) is 39.9 Å². The Hall–Kier alpha value is -1.63. The summed E-state index contributed by atoms with van der Waals surface area (Å²) >= 11 is 6.11. The van der Waals surface area contributed by atoms with E-state index in [9.17, 15) is 9.36 Å². The maximum atomic E-state index is 16.6. The molecule has 2 fully saturated rings. The molecule has 2 aromatic rings. The summed E-state index contributed by atoms with van der Waals surface area (Å²) in [6.07, 6.45) is -2.39. The molecule has 4 rings (SSSR count). The van der Waals surface area contributed by atoms with Crippen molar-refractivity contribution in [3.8, 4) is 0 Å². The van der Waals surface area contributed by atoms with E-state index in [0.717, 1.165) is 10.1 Å². The highest BCUT2D eigenvalue weighted by atomic mass is 35.5. The summed E-state index contributed by atoms with van der Waals surface area (Å²) < 4.78 is 60.5. The Labute approximate surface area is 233 Å². The molecule has 2 aliphatic heterocycles. The average molecular weight is 604 g/mol. The van der Waals surface area contributed by atoms with Gasteiger partial charge in [-0.15, -0.1) is 0 Å². The Morgan fingerprint density at radius 3 is 2.69 bits per heavy atom. The van der Waals surface area contributed by atoms with Crippen LogP contribution in [0.2, 0.25) is 23.2 Å². The van der Waals surface area contributed by atoms with Crippen LogP contribution in [0.25, 0.3) is 0 Å². The molecule has 0 saturated carbocycles. The number of phosphoric acid groups is 1. The van der Waals surface area contributed by atoms with Crippen molar-refractivity contribution in [3.05, 3.63) is 57.6 Å². The Morgan fingerprint density at radius 2 is 2.05 bits per heavy atom. The normalized spacial score (nSPS) is 31.9. The summed E-state index contributed by atoms with van der Waals surface area (Å²) in [5, 5.41) is 0.266. The van der Waals surface area contributed by atoms with Crippen molar-refractivity contribution >= 4 is 33.6 Å². The molecule has 2 N–H and O–H groups in total. The molecule has 1 aromatic heterocycles. The molecule has 216 valence electrons. The molecule has 0 radical (unpaired) electrons. The fourth-order valence-electron chi connectivity index (χ4n) is 4.31. The summed E-state index contributed by atoms with van der Waals surface area (Å²) in [5.74, 6) is 0.00251. The standard InChI is InChI=1S/C25H36ClFN3O7PSi/c1-24(2,3)39(5,6)37-21-19(35-22(25(21,4)27)30-12-10-20(28)29-23(30)31)15-34-38(32)33-13-11-18(36-38)16-8-7-9-17(26)14-16/h7-10,12,14,18-19,21-22H,11,13,15H2,1-6H3,(H2,28,29,31)/t18-,19+,21?,22+,25?,38?/m0/s1. The number of hydrogen-bond donors (Lipinski definition) is 1. The van der Waals surface area contributed by atoms with Gasteiger partial charge in [-0.05, 0) is 48.8 Å². The van der Waals surface area contributed by atoms with Crippen LogP contribution in [-0.4, -0.2) is 49.0 Å². The number of aromatic nitrogens is 2. The third-order valence-corrected chi connectivity index (χ3v) is 13.7. The number of halogens is 2. The van der Waals surface area contributed by atoms with Crippen LogP contribution in [0.5, 0.6) is 0 Å². The number of ether oxygens (including phenoxy) is 1. The summed E-state index contributed by atoms with van der Waals surface area (Å²) in [6, 6.07) is 8.42. The van der Waals surface area contributed by atoms with E-state index in [1.165, 1.54) is 19.2 Å². The highest BCUT2D eigenvalue weighted by molar-refractivity contribution is 7.48. The zero-order valence-electron chi connectivity index (χ0n) is 22.9. The maximum absolute atomic E-state index is 16.6. The summed E-state index contributed by atoms with van der Waals surface area (Å²) in [5.41, 5.74) is 3.40. The van der Waals surface area contributed by atoms with E-state index in [1.54, 1.807) is 18.2 Å². The largest absolute Gasteiger partial charge is 0.475 e. The number of nitrogens with zero attached hydrogens (tertiary/aromatic N) is 2. The van der Waals surface area contributed by atoms with E-state index < -0.39 is 52.0 Å². The van der Waals surface area contributed by atoms with Gasteiger partial charge in [0, 0.05) is 17.6 Å². The van der Waals surface area contributed by atoms with E-state index >= 15 is 4.39 Å². The summed E-state index contributed by atoms with van der Waals surface area (Å²) in [4.78, 5) is 16.3. The van der Waals surface area contributed by atoms with Gasteiger partial charge in [0.1, 0.15) is 18.0 Å². The van der Waals surface area contributed by atoms with Gasteiger partial charge < -0.3 is 14.9 Å². The Kier molecular flexibility index (Phi) is 8.54. The van der Waals surface area contributed by atoms with Crippen LogP contribution in [0.4, 0.5) is 10.2 Å². The third kappa shape index (κ3) is 6.49. The minimum absolute atomic E-state index is 0.00251. The van der Waals surface area contributed by atoms with Crippen LogP contribution in [0.1, 0.15) is 52.0 Å². The van der Waals surface area contributed by atoms with Gasteiger partial charge in [0.05, 0.1) is 19.3 Å². The zero-order valence-corrected chi connectivity index (χ0v) is 25.6. The molecule has 3 heterocycles. The van der Waals surface area contributed by atoms with Crippen molar-refractivity contribution in [3.63, 3.8) is 0 Å². The first-order chi connectivity index (χ1) is 18.0. The Balaban J connectivity index is 1.59. The van der Waals surface area contributed by atoms with Gasteiger partial charge >= 0.3 is 13.5 Å². The highest BCUT2D eigenvalue weighted by Gasteiger charge is 2.59. The van der Waals surface area contributed by atoms with Gasteiger partial charge in [0.2, 0.25) is 0 Å². The van der Waals surface area contributed by atoms with Crippen molar-refractivity contribution < 1.29 is 31.7 Å². The number of phosphoric ester groups is 1. The number of rotatable bonds is 7. The Bertz CT molecular complexity index is 1300. The molecule has 2 saturated heterocycles. The minimum Gasteiger partial charge on any atom is -0.408 e. The van der Waals surface area contributed by atoms with Crippen LogP contribution in [0, 0.1) is 0 Å². The molecule has 0 bridgehead atoms. The predicted octanol–water partition coefficient (Wildman–Crippen LogP) is 5.80. The summed E-state index contributed by atoms with van der Waals surface area (Å²) in [6.45, 7) is 11.1. The smallest absolute Gasteiger partial charge is 0.408 e. The maximum Gasteiger partial charge on any atom is 0.475 e. The molecular formula is C25H36ClFN3O7PSi. The third-order valence-electron chi connectivity index (χ3n) is 7.52. The first-order valence-corrected chi connectivity index (χ1v) is 17.5. The summed E-state index contributed by atoms with van der Waals surface area (Å²) in [7, 11) is -6.59. The number of hydrogen-bond acceptors (Lipinski definition) is 9. The molecule has 14 heteroatoms. The lowest BCUT2D eigenvalue weighted by Gasteiger charge is -2.41. The lowest BCUT2D eigenvalue weighted by atomic mass is 9.98. The van der Waals surface area contributed by atoms with E-state index in [2.05, 4.69) is 4.98 Å². The zero-order chi connectivity index (χ0) is 28.8. The molecule has 39 heavy (non-hydrogen) atoms. The number of alkyl halides is 1. The van der Waals surface area contributed by atoms with Crippen LogP contribution < -0.4 is 11.4 Å². The number of nitrogen functional groups attached to an aromatic ring is 1. The van der Waals surface area contributed by atoms with Crippen LogP contribution in [-0.2, 0) is 27.3 Å². The van der Waals surface area contributed by atoms with Gasteiger partial charge in [-0.25, -0.2) is 13.8 Å². The van der Waals surface area contributed by atoms with E-state index in [-0.39, 0.29) is 24.1 Å². The average Bonchev–Trinajstić information content (AvgIpc) is 3.06. The lowest BCUT2D eigenvalue weighted by molar-refractivity contribution is -0.0652. The van der Waals surface area contributed by atoms with Crippen LogP contribution in [0.15, 0.2) is 41.3 Å². The second-order valence-electron chi connectivity index (χ2n) is 11.5. The molecule has 0 amide bonds. The fraction of sp³-hybridized carbons (Fsp3) is 0.600. The lowest BCUT2D eigenvalue weighted by Crippen LogP contribution is -2.53. The van der Waals surface area contributed by atoms with Crippen molar-refractivity contribution in [2.75, 3.05) is 18.9 Å². The van der Waals surface area contributed by atoms with E-state index in [0.29, 0.717) is 11.4 Å². The van der Waals surface area contributed by atoms with Gasteiger partial charge in [0.25, 0.3) is 0 Å². The van der Waals surface area contributed by atoms with Gasteiger partial charge in [0.15, 0.2) is 20.2 Å². The van der Waals surface area contributed by atoms with Gasteiger partial charge in [-0.2, -0.15) is 4.98 Å². The van der Waals surface area contributed by atoms with Crippen LogP contribution in [0.3, 0.4) is 0 Å². The van der Waals surface area contributed by atoms with Crippen molar-refractivity contribution in [2.24, 2.45) is 0 Å². The minimum atomic E-state index is -4.05. The van der Waals surface area contributed by atoms with Gasteiger partial charge in [-0.1, -0.05) is 44.5 Å². The Morgan fingerprint density at radius 1 is 1.33 bits per heavy atom. The van der Waals surface area contributed by atoms with E-state index in [4.69, 9.17) is 40.1 Å². The molecule has 10 nitrogen and oxygen atoms in total. The SMILES string of the molecule is CC1(F)C(O[Si](C)(C)C(C)(C)C)[C@@H](COP2(=O)OCC[C@@H](c3cccc(Cl)c3)O2)O[C@H]1n1ccc(N)nc1=O. The monoisotopic (exact) mass is 603 g/mol. The first kappa shape index (κ1) is 30.3. The van der Waals surface area contributed by atoms with Gasteiger partial charge in [-0.3, -0.25) is 18.1 Å². The molecule has 3 unspecified atom stereocenters.